The molecule has 7 nitrogen and oxygen atoms in total. The fraction of sp³-hybridized carbons (Fsp3) is 0.882. The van der Waals surface area contributed by atoms with Crippen LogP contribution in [-0.4, -0.2) is 88.2 Å². The van der Waals surface area contributed by atoms with Crippen LogP contribution in [0.4, 0.5) is 0 Å². The highest BCUT2D eigenvalue weighted by molar-refractivity contribution is 5.84. The summed E-state index contributed by atoms with van der Waals surface area (Å²) in [4.78, 5) is 20.0. The molecule has 0 aromatic rings. The zero-order chi connectivity index (χ0) is 18.4. The van der Waals surface area contributed by atoms with Crippen LogP contribution in [0.15, 0.2) is 4.99 Å². The van der Waals surface area contributed by atoms with Crippen molar-refractivity contribution >= 4 is 11.9 Å². The largest absolute Gasteiger partial charge is 0.383 e. The van der Waals surface area contributed by atoms with Crippen molar-refractivity contribution in [1.29, 1.82) is 0 Å². The van der Waals surface area contributed by atoms with Crippen LogP contribution in [0, 0.1) is 0 Å². The molecule has 0 aliphatic heterocycles. The molecule has 0 heterocycles. The smallest absolute Gasteiger partial charge is 0.243 e. The zero-order valence-electron chi connectivity index (χ0n) is 16.4. The molecule has 0 rings (SSSR count). The number of nitrogens with one attached hydrogen (secondary N) is 2. The van der Waals surface area contributed by atoms with Gasteiger partial charge in [0.15, 0.2) is 5.96 Å². The number of hydrogen-bond donors (Lipinski definition) is 2. The number of methoxy groups -OCH3 is 1. The molecule has 0 saturated heterocycles. The molecule has 0 radical (unpaired) electrons. The third kappa shape index (κ3) is 11.2. The van der Waals surface area contributed by atoms with E-state index in [9.17, 15) is 4.79 Å². The van der Waals surface area contributed by atoms with Crippen LogP contribution in [0.25, 0.3) is 0 Å². The SMILES string of the molecule is CCN(CC)CCCC(C)NC(=NCC(=O)N(C)C)NCCOC. The highest BCUT2D eigenvalue weighted by Crippen LogP contribution is 1.99. The molecular formula is C17H37N5O2. The Labute approximate surface area is 147 Å². The molecule has 0 fully saturated rings. The van der Waals surface area contributed by atoms with Gasteiger partial charge in [-0.25, -0.2) is 4.99 Å². The molecule has 0 spiro atoms. The standard InChI is InChI=1S/C17H37N5O2/c1-7-22(8-2)12-9-10-15(3)20-17(18-11-13-24-6)19-14-16(23)21(4)5/h15H,7-14H2,1-6H3,(H2,18,19,20). The van der Waals surface area contributed by atoms with E-state index in [4.69, 9.17) is 4.74 Å². The number of ether oxygens (including phenoxy) is 1. The van der Waals surface area contributed by atoms with E-state index >= 15 is 0 Å². The molecule has 0 aromatic heterocycles. The number of aliphatic imine (C=N–C) groups is 1. The van der Waals surface area contributed by atoms with Crippen molar-refractivity contribution < 1.29 is 9.53 Å². The Morgan fingerprint density at radius 1 is 1.25 bits per heavy atom. The average Bonchev–Trinajstić information content (AvgIpc) is 2.56. The summed E-state index contributed by atoms with van der Waals surface area (Å²) in [6.45, 7) is 11.2. The third-order valence-corrected chi connectivity index (χ3v) is 3.86. The van der Waals surface area contributed by atoms with Crippen molar-refractivity contribution in [3.63, 3.8) is 0 Å². The Hall–Kier alpha value is -1.34. The predicted octanol–water partition coefficient (Wildman–Crippen LogP) is 0.767. The molecular weight excluding hydrogens is 306 g/mol. The minimum Gasteiger partial charge on any atom is -0.383 e. The van der Waals surface area contributed by atoms with E-state index in [2.05, 4.69) is 41.3 Å². The molecule has 24 heavy (non-hydrogen) atoms. The summed E-state index contributed by atoms with van der Waals surface area (Å²) in [5.74, 6) is 0.648. The summed E-state index contributed by atoms with van der Waals surface area (Å²) in [6.07, 6.45) is 2.20. The summed E-state index contributed by atoms with van der Waals surface area (Å²) in [7, 11) is 5.13. The fourth-order valence-electron chi connectivity index (χ4n) is 2.18. The second kappa shape index (κ2) is 14.0. The van der Waals surface area contributed by atoms with Gasteiger partial charge >= 0.3 is 0 Å². The van der Waals surface area contributed by atoms with E-state index in [1.165, 1.54) is 0 Å². The van der Waals surface area contributed by atoms with Crippen LogP contribution < -0.4 is 10.6 Å². The molecule has 0 aromatic carbocycles. The lowest BCUT2D eigenvalue weighted by molar-refractivity contribution is -0.127. The number of guanidine groups is 1. The number of carbonyl (C=O) groups excluding carboxylic acids is 1. The quantitative estimate of drug-likeness (QED) is 0.311. The van der Waals surface area contributed by atoms with Crippen LogP contribution >= 0.6 is 0 Å². The number of rotatable bonds is 12. The lowest BCUT2D eigenvalue weighted by atomic mass is 10.2. The summed E-state index contributed by atoms with van der Waals surface area (Å²) in [5.41, 5.74) is 0. The van der Waals surface area contributed by atoms with Crippen molar-refractivity contribution in [3.8, 4) is 0 Å². The van der Waals surface area contributed by atoms with E-state index in [1.54, 1.807) is 26.1 Å². The van der Waals surface area contributed by atoms with Gasteiger partial charge < -0.3 is 25.2 Å². The monoisotopic (exact) mass is 343 g/mol. The summed E-state index contributed by atoms with van der Waals surface area (Å²) >= 11 is 0. The van der Waals surface area contributed by atoms with Crippen molar-refractivity contribution in [2.24, 2.45) is 4.99 Å². The van der Waals surface area contributed by atoms with Gasteiger partial charge in [0.1, 0.15) is 6.54 Å². The van der Waals surface area contributed by atoms with Gasteiger partial charge in [-0.05, 0) is 39.4 Å². The second-order valence-corrected chi connectivity index (χ2v) is 6.09. The highest BCUT2D eigenvalue weighted by atomic mass is 16.5. The minimum absolute atomic E-state index is 0.0166. The summed E-state index contributed by atoms with van der Waals surface area (Å²) < 4.78 is 5.05. The van der Waals surface area contributed by atoms with Gasteiger partial charge in [-0.3, -0.25) is 4.79 Å². The molecule has 1 amide bonds. The third-order valence-electron chi connectivity index (χ3n) is 3.86. The van der Waals surface area contributed by atoms with Gasteiger partial charge in [0.25, 0.3) is 0 Å². The van der Waals surface area contributed by atoms with Crippen LogP contribution in [-0.2, 0) is 9.53 Å². The maximum absolute atomic E-state index is 11.7. The summed E-state index contributed by atoms with van der Waals surface area (Å²) in [6, 6.07) is 0.295. The van der Waals surface area contributed by atoms with E-state index in [0.717, 1.165) is 32.5 Å². The number of nitrogens with zero attached hydrogens (tertiary/aromatic N) is 3. The topological polar surface area (TPSA) is 69.2 Å². The van der Waals surface area contributed by atoms with Crippen LogP contribution in [0.5, 0.6) is 0 Å². The lowest BCUT2D eigenvalue weighted by Gasteiger charge is -2.21. The first kappa shape index (κ1) is 22.7. The molecule has 0 bridgehead atoms. The van der Waals surface area contributed by atoms with E-state index in [1.807, 2.05) is 0 Å². The maximum Gasteiger partial charge on any atom is 0.243 e. The van der Waals surface area contributed by atoms with Crippen molar-refractivity contribution in [2.45, 2.75) is 39.7 Å². The number of likely N-dealkylation sites (N-methyl/N-ethyl adjacent to an activating group) is 1. The number of hydrogen-bond acceptors (Lipinski definition) is 4. The van der Waals surface area contributed by atoms with Crippen molar-refractivity contribution in [1.82, 2.24) is 20.4 Å². The van der Waals surface area contributed by atoms with Crippen LogP contribution in [0.1, 0.15) is 33.6 Å². The van der Waals surface area contributed by atoms with Gasteiger partial charge in [-0.15, -0.1) is 0 Å². The van der Waals surface area contributed by atoms with Gasteiger partial charge in [0.2, 0.25) is 5.91 Å². The first-order chi connectivity index (χ1) is 11.4. The lowest BCUT2D eigenvalue weighted by Crippen LogP contribution is -2.44. The Morgan fingerprint density at radius 3 is 2.46 bits per heavy atom. The molecule has 7 heteroatoms. The highest BCUT2D eigenvalue weighted by Gasteiger charge is 2.08. The van der Waals surface area contributed by atoms with E-state index in [-0.39, 0.29) is 12.5 Å². The van der Waals surface area contributed by atoms with Gasteiger partial charge in [0.05, 0.1) is 6.61 Å². The van der Waals surface area contributed by atoms with E-state index < -0.39 is 0 Å². The first-order valence-electron chi connectivity index (χ1n) is 8.90. The molecule has 0 saturated carbocycles. The van der Waals surface area contributed by atoms with Crippen LogP contribution in [0.3, 0.4) is 0 Å². The second-order valence-electron chi connectivity index (χ2n) is 6.09. The normalized spacial score (nSPS) is 13.0. The van der Waals surface area contributed by atoms with Crippen molar-refractivity contribution in [2.75, 3.05) is 60.5 Å². The molecule has 142 valence electrons. The molecule has 0 aliphatic carbocycles. The first-order valence-corrected chi connectivity index (χ1v) is 8.90. The molecule has 2 N–H and O–H groups in total. The maximum atomic E-state index is 11.7. The molecule has 0 aliphatic rings. The fourth-order valence-corrected chi connectivity index (χ4v) is 2.18. The molecule has 1 unspecified atom stereocenters. The van der Waals surface area contributed by atoms with Gasteiger partial charge in [-0.2, -0.15) is 0 Å². The number of amides is 1. The minimum atomic E-state index is -0.0166. The predicted molar refractivity (Wildman–Crippen MR) is 100 cm³/mol. The summed E-state index contributed by atoms with van der Waals surface area (Å²) in [5, 5.41) is 6.57. The Bertz CT molecular complexity index is 357. The zero-order valence-corrected chi connectivity index (χ0v) is 16.4. The van der Waals surface area contributed by atoms with Crippen molar-refractivity contribution in [3.05, 3.63) is 0 Å². The van der Waals surface area contributed by atoms with Gasteiger partial charge in [-0.1, -0.05) is 13.8 Å². The van der Waals surface area contributed by atoms with Crippen LogP contribution in [0.2, 0.25) is 0 Å². The van der Waals surface area contributed by atoms with Gasteiger partial charge in [0, 0.05) is 33.8 Å². The Morgan fingerprint density at radius 2 is 1.92 bits per heavy atom. The molecule has 1 atom stereocenters. The van der Waals surface area contributed by atoms with E-state index in [0.29, 0.717) is 25.2 Å². The Kier molecular flexibility index (Phi) is 13.3. The Balaban J connectivity index is 4.40. The number of carbonyl (C=O) groups is 1. The average molecular weight is 344 g/mol.